The van der Waals surface area contributed by atoms with Crippen LogP contribution in [0.4, 0.5) is 10.5 Å². The normalized spacial score (nSPS) is 30.2. The predicted octanol–water partition coefficient (Wildman–Crippen LogP) is 4.81. The molecule has 1 fully saturated rings. The summed E-state index contributed by atoms with van der Waals surface area (Å²) in [4.78, 5) is 12.1. The van der Waals surface area contributed by atoms with Crippen LogP contribution in [-0.4, -0.2) is 22.7 Å². The Hall–Kier alpha value is -1.39. The van der Waals surface area contributed by atoms with Gasteiger partial charge in [-0.3, -0.25) is 5.32 Å². The van der Waals surface area contributed by atoms with E-state index < -0.39 is 6.09 Å². The minimum Gasteiger partial charge on any atom is -0.445 e. The molecule has 0 bridgehead atoms. The van der Waals surface area contributed by atoms with E-state index in [9.17, 15) is 4.79 Å². The molecule has 1 heterocycles. The maximum absolute atomic E-state index is 12.1. The average Bonchev–Trinajstić information content (AvgIpc) is 2.49. The first-order valence-electron chi connectivity index (χ1n) is 7.35. The van der Waals surface area contributed by atoms with Crippen molar-refractivity contribution in [3.8, 4) is 0 Å². The highest BCUT2D eigenvalue weighted by atomic mass is 35.5. The number of thioether (sulfide) groups is 1. The van der Waals surface area contributed by atoms with Gasteiger partial charge in [0.05, 0.1) is 0 Å². The van der Waals surface area contributed by atoms with Crippen LogP contribution < -0.4 is 5.32 Å². The highest BCUT2D eigenvalue weighted by molar-refractivity contribution is 8.00. The first-order chi connectivity index (χ1) is 10.6. The van der Waals surface area contributed by atoms with E-state index in [2.05, 4.69) is 18.3 Å². The third-order valence-corrected chi connectivity index (χ3v) is 5.53. The number of fused-ring (bicyclic) bond motifs is 1. The van der Waals surface area contributed by atoms with Crippen molar-refractivity contribution in [2.24, 2.45) is 5.92 Å². The van der Waals surface area contributed by atoms with Gasteiger partial charge in [-0.25, -0.2) is 4.79 Å². The second-order valence-electron chi connectivity index (χ2n) is 5.57. The summed E-state index contributed by atoms with van der Waals surface area (Å²) in [5, 5.41) is 4.26. The molecule has 5 heteroatoms. The molecule has 1 aliphatic heterocycles. The molecule has 0 aromatic heterocycles. The number of hydrogen-bond donors (Lipinski definition) is 1. The van der Waals surface area contributed by atoms with Gasteiger partial charge in [0.1, 0.15) is 6.10 Å². The van der Waals surface area contributed by atoms with Crippen LogP contribution in [0.2, 0.25) is 0 Å². The van der Waals surface area contributed by atoms with Crippen LogP contribution in [0.15, 0.2) is 53.6 Å². The van der Waals surface area contributed by atoms with Crippen molar-refractivity contribution in [1.29, 1.82) is 0 Å². The number of halogens is 1. The lowest BCUT2D eigenvalue weighted by molar-refractivity contribution is 0.0782. The zero-order valence-corrected chi connectivity index (χ0v) is 13.8. The quantitative estimate of drug-likeness (QED) is 0.843. The zero-order chi connectivity index (χ0) is 15.5. The van der Waals surface area contributed by atoms with Gasteiger partial charge in [-0.15, -0.1) is 0 Å². The van der Waals surface area contributed by atoms with Crippen LogP contribution >= 0.6 is 23.4 Å². The molecule has 1 aliphatic carbocycles. The molecule has 0 radical (unpaired) electrons. The molecule has 116 valence electrons. The lowest BCUT2D eigenvalue weighted by Crippen LogP contribution is -2.40. The summed E-state index contributed by atoms with van der Waals surface area (Å²) in [7, 11) is 0. The van der Waals surface area contributed by atoms with E-state index in [4.69, 9.17) is 16.3 Å². The number of para-hydroxylation sites is 1. The number of hydrogen-bond acceptors (Lipinski definition) is 3. The van der Waals surface area contributed by atoms with Crippen LogP contribution in [-0.2, 0) is 4.74 Å². The molecular weight excluding hydrogens is 318 g/mol. The molecule has 1 aromatic rings. The van der Waals surface area contributed by atoms with Gasteiger partial charge in [-0.05, 0) is 24.6 Å². The van der Waals surface area contributed by atoms with E-state index in [1.54, 1.807) is 0 Å². The molecule has 3 nitrogen and oxygen atoms in total. The molecule has 2 aliphatic rings. The Morgan fingerprint density at radius 2 is 2.14 bits per heavy atom. The number of allylic oxidation sites excluding steroid dienone is 2. The van der Waals surface area contributed by atoms with Gasteiger partial charge in [-0.1, -0.05) is 48.9 Å². The number of carbonyl (C=O) groups excluding carboxylic acids is 1. The number of amides is 1. The maximum atomic E-state index is 12.1. The Balaban J connectivity index is 1.67. The zero-order valence-electron chi connectivity index (χ0n) is 12.2. The lowest BCUT2D eigenvalue weighted by atomic mass is 9.90. The minimum absolute atomic E-state index is 0.139. The minimum atomic E-state index is -0.409. The number of carbonyl (C=O) groups is 1. The van der Waals surface area contributed by atoms with Crippen molar-refractivity contribution in [2.45, 2.75) is 29.9 Å². The van der Waals surface area contributed by atoms with Gasteiger partial charge in [0.25, 0.3) is 0 Å². The summed E-state index contributed by atoms with van der Waals surface area (Å²) >= 11 is 8.02. The Kier molecular flexibility index (Phi) is 4.79. The molecule has 3 rings (SSSR count). The highest BCUT2D eigenvalue weighted by Crippen LogP contribution is 2.41. The Morgan fingerprint density at radius 1 is 1.36 bits per heavy atom. The maximum Gasteiger partial charge on any atom is 0.411 e. The van der Waals surface area contributed by atoms with Crippen molar-refractivity contribution < 1.29 is 9.53 Å². The molecule has 0 spiro atoms. The molecule has 1 aromatic carbocycles. The molecule has 1 amide bonds. The number of rotatable bonds is 2. The van der Waals surface area contributed by atoms with Gasteiger partial charge in [-0.2, -0.15) is 11.8 Å². The Morgan fingerprint density at radius 3 is 2.91 bits per heavy atom. The molecule has 0 saturated carbocycles. The summed E-state index contributed by atoms with van der Waals surface area (Å²) in [6.07, 6.45) is 6.32. The summed E-state index contributed by atoms with van der Waals surface area (Å²) < 4.78 is 5.68. The van der Waals surface area contributed by atoms with Crippen LogP contribution in [0, 0.1) is 5.92 Å². The lowest BCUT2D eigenvalue weighted by Gasteiger charge is -2.38. The second kappa shape index (κ2) is 6.80. The van der Waals surface area contributed by atoms with Crippen LogP contribution in [0.3, 0.4) is 0 Å². The van der Waals surface area contributed by atoms with Crippen molar-refractivity contribution in [1.82, 2.24) is 0 Å². The molecule has 1 saturated heterocycles. The first kappa shape index (κ1) is 15.5. The van der Waals surface area contributed by atoms with Crippen molar-refractivity contribution >= 4 is 35.1 Å². The standard InChI is InChI=1S/C17H18ClNO2S/c1-11-9-15(14-10-12(18)7-8-16(14)22-11)21-17(20)19-13-5-3-2-4-6-13/h2-8,10-11,14-16H,9H2,1H3,(H,19,20)/t11-,14-,15-,16-/m0/s1. The largest absolute Gasteiger partial charge is 0.445 e. The van der Waals surface area contributed by atoms with Gasteiger partial charge in [0.2, 0.25) is 0 Å². The van der Waals surface area contributed by atoms with Gasteiger partial charge >= 0.3 is 6.09 Å². The Bertz CT molecular complexity index is 602. The fourth-order valence-electron chi connectivity index (χ4n) is 2.85. The average molecular weight is 336 g/mol. The summed E-state index contributed by atoms with van der Waals surface area (Å²) in [6.45, 7) is 2.17. The fraction of sp³-hybridized carbons (Fsp3) is 0.353. The number of ether oxygens (including phenoxy) is 1. The van der Waals surface area contributed by atoms with Crippen molar-refractivity contribution in [3.05, 3.63) is 53.6 Å². The smallest absolute Gasteiger partial charge is 0.411 e. The third-order valence-electron chi connectivity index (χ3n) is 3.84. The summed E-state index contributed by atoms with van der Waals surface area (Å²) in [5.74, 6) is 0.139. The summed E-state index contributed by atoms with van der Waals surface area (Å²) in [6, 6.07) is 9.33. The topological polar surface area (TPSA) is 38.3 Å². The molecular formula is C17H18ClNO2S. The van der Waals surface area contributed by atoms with E-state index in [1.807, 2.05) is 54.2 Å². The summed E-state index contributed by atoms with van der Waals surface area (Å²) in [5.41, 5.74) is 0.736. The Labute approximate surface area is 139 Å². The fourth-order valence-corrected chi connectivity index (χ4v) is 4.51. The van der Waals surface area contributed by atoms with E-state index >= 15 is 0 Å². The third kappa shape index (κ3) is 3.68. The van der Waals surface area contributed by atoms with Gasteiger partial charge < -0.3 is 4.74 Å². The van der Waals surface area contributed by atoms with Crippen molar-refractivity contribution in [2.75, 3.05) is 5.32 Å². The van der Waals surface area contributed by atoms with Crippen LogP contribution in [0.1, 0.15) is 13.3 Å². The molecule has 4 atom stereocenters. The number of benzene rings is 1. The van der Waals surface area contributed by atoms with Gasteiger partial charge in [0, 0.05) is 27.1 Å². The first-order valence-corrected chi connectivity index (χ1v) is 8.67. The van der Waals surface area contributed by atoms with Crippen LogP contribution in [0.25, 0.3) is 0 Å². The van der Waals surface area contributed by atoms with E-state index in [1.165, 1.54) is 0 Å². The molecule has 22 heavy (non-hydrogen) atoms. The van der Waals surface area contributed by atoms with Gasteiger partial charge in [0.15, 0.2) is 0 Å². The second-order valence-corrected chi connectivity index (χ2v) is 7.63. The van der Waals surface area contributed by atoms with E-state index in [-0.39, 0.29) is 12.0 Å². The molecule has 0 unspecified atom stereocenters. The predicted molar refractivity (Wildman–Crippen MR) is 92.4 cm³/mol. The monoisotopic (exact) mass is 335 g/mol. The van der Waals surface area contributed by atoms with E-state index in [0.29, 0.717) is 15.5 Å². The van der Waals surface area contributed by atoms with Crippen molar-refractivity contribution in [3.63, 3.8) is 0 Å². The highest BCUT2D eigenvalue weighted by Gasteiger charge is 2.38. The number of nitrogens with one attached hydrogen (secondary N) is 1. The molecule has 1 N–H and O–H groups in total. The number of anilines is 1. The SMILES string of the molecule is C[C@H]1C[C@H](OC(=O)Nc2ccccc2)[C@@H]2C=C(Cl)C=C[C@@H]2S1. The van der Waals surface area contributed by atoms with Crippen LogP contribution in [0.5, 0.6) is 0 Å². The van der Waals surface area contributed by atoms with E-state index in [0.717, 1.165) is 12.1 Å².